The van der Waals surface area contributed by atoms with Gasteiger partial charge in [0, 0.05) is 4.91 Å². The summed E-state index contributed by atoms with van der Waals surface area (Å²) in [5.74, 6) is -0.392. The SMILES string of the molecule is COC(=O)CC(N=[N+]=[N-])c1ccccc1. The van der Waals surface area contributed by atoms with Crippen LogP contribution in [0.5, 0.6) is 0 Å². The molecule has 0 heterocycles. The fraction of sp³-hybridized carbons (Fsp3) is 0.300. The Morgan fingerprint density at radius 2 is 2.20 bits per heavy atom. The predicted molar refractivity (Wildman–Crippen MR) is 55.0 cm³/mol. The topological polar surface area (TPSA) is 75.1 Å². The molecule has 5 nitrogen and oxygen atoms in total. The molecular weight excluding hydrogens is 194 g/mol. The number of hydrogen-bond donors (Lipinski definition) is 0. The van der Waals surface area contributed by atoms with Crippen LogP contribution in [0, 0.1) is 0 Å². The molecule has 0 radical (unpaired) electrons. The maximum absolute atomic E-state index is 11.1. The number of carbonyl (C=O) groups excluding carboxylic acids is 1. The van der Waals surface area contributed by atoms with Gasteiger partial charge < -0.3 is 4.74 Å². The molecule has 1 atom stereocenters. The Balaban J connectivity index is 2.84. The Kier molecular flexibility index (Phi) is 4.19. The molecule has 1 aromatic rings. The molecule has 0 N–H and O–H groups in total. The molecule has 1 unspecified atom stereocenters. The first-order chi connectivity index (χ1) is 7.27. The lowest BCUT2D eigenvalue weighted by Crippen LogP contribution is -2.06. The first-order valence-electron chi connectivity index (χ1n) is 4.44. The van der Waals surface area contributed by atoms with Crippen LogP contribution < -0.4 is 0 Å². The van der Waals surface area contributed by atoms with Crippen LogP contribution in [-0.2, 0) is 9.53 Å². The number of hydrogen-bond acceptors (Lipinski definition) is 3. The van der Waals surface area contributed by atoms with Gasteiger partial charge in [-0.2, -0.15) is 0 Å². The van der Waals surface area contributed by atoms with Crippen molar-refractivity contribution in [2.24, 2.45) is 5.11 Å². The van der Waals surface area contributed by atoms with Crippen molar-refractivity contribution in [3.63, 3.8) is 0 Å². The molecule has 0 bridgehead atoms. The van der Waals surface area contributed by atoms with Crippen LogP contribution in [0.15, 0.2) is 35.4 Å². The van der Waals surface area contributed by atoms with Crippen molar-refractivity contribution in [3.05, 3.63) is 46.3 Å². The Bertz CT molecular complexity index is 372. The number of esters is 1. The number of benzene rings is 1. The Hall–Kier alpha value is -2.00. The molecule has 5 heteroatoms. The van der Waals surface area contributed by atoms with Crippen molar-refractivity contribution in [1.29, 1.82) is 0 Å². The summed E-state index contributed by atoms with van der Waals surface area (Å²) < 4.78 is 4.53. The van der Waals surface area contributed by atoms with Gasteiger partial charge >= 0.3 is 5.97 Å². The van der Waals surface area contributed by atoms with E-state index in [4.69, 9.17) is 5.53 Å². The van der Waals surface area contributed by atoms with Gasteiger partial charge in [0.1, 0.15) is 0 Å². The molecule has 0 fully saturated rings. The van der Waals surface area contributed by atoms with Crippen molar-refractivity contribution in [2.75, 3.05) is 7.11 Å². The quantitative estimate of drug-likeness (QED) is 0.328. The molecule has 1 rings (SSSR count). The van der Waals surface area contributed by atoms with E-state index >= 15 is 0 Å². The molecule has 0 saturated carbocycles. The predicted octanol–water partition coefficient (Wildman–Crippen LogP) is 2.60. The highest BCUT2D eigenvalue weighted by atomic mass is 16.5. The molecule has 0 aromatic heterocycles. The average molecular weight is 205 g/mol. The summed E-state index contributed by atoms with van der Waals surface area (Å²) in [6, 6.07) is 8.63. The number of azide groups is 1. The van der Waals surface area contributed by atoms with E-state index in [1.165, 1.54) is 7.11 Å². The minimum absolute atomic E-state index is 0.0601. The zero-order valence-electron chi connectivity index (χ0n) is 8.33. The second-order valence-electron chi connectivity index (χ2n) is 2.91. The van der Waals surface area contributed by atoms with Crippen LogP contribution in [0.3, 0.4) is 0 Å². The second kappa shape index (κ2) is 5.67. The molecule has 0 aliphatic carbocycles. The summed E-state index contributed by atoms with van der Waals surface area (Å²) in [4.78, 5) is 13.8. The lowest BCUT2D eigenvalue weighted by Gasteiger charge is -2.09. The summed E-state index contributed by atoms with van der Waals surface area (Å²) in [6.45, 7) is 0. The highest BCUT2D eigenvalue weighted by molar-refractivity contribution is 5.70. The van der Waals surface area contributed by atoms with Crippen LogP contribution in [0.2, 0.25) is 0 Å². The van der Waals surface area contributed by atoms with Crippen molar-refractivity contribution < 1.29 is 9.53 Å². The maximum Gasteiger partial charge on any atom is 0.306 e. The largest absolute Gasteiger partial charge is 0.469 e. The number of ether oxygens (including phenoxy) is 1. The van der Waals surface area contributed by atoms with Gasteiger partial charge in [-0.25, -0.2) is 0 Å². The van der Waals surface area contributed by atoms with Gasteiger partial charge in [-0.15, -0.1) is 0 Å². The first kappa shape index (κ1) is 11.1. The van der Waals surface area contributed by atoms with E-state index in [2.05, 4.69) is 14.8 Å². The summed E-state index contributed by atoms with van der Waals surface area (Å²) in [5.41, 5.74) is 9.20. The molecule has 1 aromatic carbocycles. The number of nitrogens with zero attached hydrogens (tertiary/aromatic N) is 3. The molecule has 0 aliphatic rings. The van der Waals surface area contributed by atoms with E-state index in [0.717, 1.165) is 5.56 Å². The van der Waals surface area contributed by atoms with Crippen LogP contribution in [0.4, 0.5) is 0 Å². The molecule has 15 heavy (non-hydrogen) atoms. The van der Waals surface area contributed by atoms with E-state index in [1.807, 2.05) is 30.3 Å². The summed E-state index contributed by atoms with van der Waals surface area (Å²) >= 11 is 0. The minimum atomic E-state index is -0.497. The van der Waals surface area contributed by atoms with Gasteiger partial charge in [-0.05, 0) is 11.1 Å². The normalized spacial score (nSPS) is 11.3. The third-order valence-electron chi connectivity index (χ3n) is 1.96. The number of rotatable bonds is 4. The fourth-order valence-corrected chi connectivity index (χ4v) is 1.20. The smallest absolute Gasteiger partial charge is 0.306 e. The van der Waals surface area contributed by atoms with E-state index < -0.39 is 12.0 Å². The lowest BCUT2D eigenvalue weighted by atomic mass is 10.1. The number of carbonyl (C=O) groups is 1. The summed E-state index contributed by atoms with van der Waals surface area (Å²) in [6.07, 6.45) is 0.0601. The van der Waals surface area contributed by atoms with Crippen LogP contribution in [0.1, 0.15) is 18.0 Å². The molecule has 0 spiro atoms. The number of methoxy groups -OCH3 is 1. The van der Waals surface area contributed by atoms with Crippen molar-refractivity contribution >= 4 is 5.97 Å². The lowest BCUT2D eigenvalue weighted by molar-refractivity contribution is -0.141. The van der Waals surface area contributed by atoms with Crippen LogP contribution in [-0.4, -0.2) is 13.1 Å². The van der Waals surface area contributed by atoms with E-state index in [1.54, 1.807) is 0 Å². The third kappa shape index (κ3) is 3.32. The Labute approximate surface area is 87.3 Å². The zero-order valence-corrected chi connectivity index (χ0v) is 8.33. The van der Waals surface area contributed by atoms with Crippen molar-refractivity contribution in [3.8, 4) is 0 Å². The monoisotopic (exact) mass is 205 g/mol. The molecule has 78 valence electrons. The maximum atomic E-state index is 11.1. The first-order valence-corrected chi connectivity index (χ1v) is 4.44. The summed E-state index contributed by atoms with van der Waals surface area (Å²) in [7, 11) is 1.31. The van der Waals surface area contributed by atoms with E-state index in [9.17, 15) is 4.79 Å². The van der Waals surface area contributed by atoms with E-state index in [0.29, 0.717) is 0 Å². The van der Waals surface area contributed by atoms with Gasteiger partial charge in [0.2, 0.25) is 0 Å². The van der Waals surface area contributed by atoms with Gasteiger partial charge in [0.05, 0.1) is 19.6 Å². The molecule has 0 amide bonds. The summed E-state index contributed by atoms with van der Waals surface area (Å²) in [5, 5.41) is 3.56. The Morgan fingerprint density at radius 3 is 2.73 bits per heavy atom. The third-order valence-corrected chi connectivity index (χ3v) is 1.96. The van der Waals surface area contributed by atoms with Gasteiger partial charge in [0.25, 0.3) is 0 Å². The Morgan fingerprint density at radius 1 is 1.53 bits per heavy atom. The minimum Gasteiger partial charge on any atom is -0.469 e. The van der Waals surface area contributed by atoms with Gasteiger partial charge in [-0.3, -0.25) is 4.79 Å². The van der Waals surface area contributed by atoms with E-state index in [-0.39, 0.29) is 6.42 Å². The van der Waals surface area contributed by atoms with Gasteiger partial charge in [0.15, 0.2) is 0 Å². The highest BCUT2D eigenvalue weighted by Gasteiger charge is 2.14. The van der Waals surface area contributed by atoms with Crippen LogP contribution in [0.25, 0.3) is 10.4 Å². The molecular formula is C10H11N3O2. The molecule has 0 saturated heterocycles. The highest BCUT2D eigenvalue weighted by Crippen LogP contribution is 2.21. The van der Waals surface area contributed by atoms with Gasteiger partial charge in [-0.1, -0.05) is 35.4 Å². The van der Waals surface area contributed by atoms with Crippen molar-refractivity contribution in [2.45, 2.75) is 12.5 Å². The second-order valence-corrected chi connectivity index (χ2v) is 2.91. The average Bonchev–Trinajstić information content (AvgIpc) is 2.29. The standard InChI is InChI=1S/C10H11N3O2/c1-15-10(14)7-9(12-13-11)8-5-3-2-4-6-8/h2-6,9H,7H2,1H3. The van der Waals surface area contributed by atoms with Crippen LogP contribution >= 0.6 is 0 Å². The zero-order chi connectivity index (χ0) is 11.1. The molecule has 0 aliphatic heterocycles. The fourth-order valence-electron chi connectivity index (χ4n) is 1.20. The van der Waals surface area contributed by atoms with Crippen molar-refractivity contribution in [1.82, 2.24) is 0 Å².